The van der Waals surface area contributed by atoms with Gasteiger partial charge in [0.15, 0.2) is 0 Å². The molecule has 0 spiro atoms. The van der Waals surface area contributed by atoms with E-state index in [1.54, 1.807) is 12.4 Å². The number of rotatable bonds is 4. The van der Waals surface area contributed by atoms with Crippen LogP contribution in [-0.2, 0) is 6.42 Å². The molecule has 0 radical (unpaired) electrons. The highest BCUT2D eigenvalue weighted by Gasteiger charge is 2.26. The lowest BCUT2D eigenvalue weighted by Crippen LogP contribution is -2.24. The number of anilines is 2. The van der Waals surface area contributed by atoms with Crippen LogP contribution in [0.1, 0.15) is 5.56 Å². The van der Waals surface area contributed by atoms with E-state index in [9.17, 15) is 4.39 Å². The predicted molar refractivity (Wildman–Crippen MR) is 128 cm³/mol. The van der Waals surface area contributed by atoms with E-state index < -0.39 is 0 Å². The molecule has 0 saturated heterocycles. The summed E-state index contributed by atoms with van der Waals surface area (Å²) >= 11 is 0. The first kappa shape index (κ1) is 18.6. The summed E-state index contributed by atoms with van der Waals surface area (Å²) in [6, 6.07) is 25.3. The van der Waals surface area contributed by atoms with Crippen LogP contribution in [0.15, 0.2) is 91.3 Å². The standard InChI is InChI=1S/C27H21FN4/c28-20-8-6-18(7-9-20)24-25-21(31-26(24)19-12-14-29-15-13-19)10-11-22-27(25)32-23(30-22)16-17-4-2-1-3-5-17/h1-15,23,30-32H,16H2. The van der Waals surface area contributed by atoms with E-state index in [2.05, 4.69) is 57.0 Å². The number of H-pyrrole nitrogens is 1. The van der Waals surface area contributed by atoms with E-state index in [0.717, 1.165) is 51.1 Å². The molecule has 3 aromatic carbocycles. The number of halogens is 1. The number of nitrogens with one attached hydrogen (secondary N) is 3. The first-order chi connectivity index (χ1) is 15.8. The second kappa shape index (κ2) is 7.54. The van der Waals surface area contributed by atoms with Crippen LogP contribution in [0.25, 0.3) is 33.3 Å². The molecule has 0 aliphatic carbocycles. The van der Waals surface area contributed by atoms with Gasteiger partial charge in [0, 0.05) is 40.8 Å². The van der Waals surface area contributed by atoms with Crippen molar-refractivity contribution >= 4 is 22.3 Å². The number of aromatic amines is 1. The van der Waals surface area contributed by atoms with Gasteiger partial charge in [0.2, 0.25) is 0 Å². The van der Waals surface area contributed by atoms with Crippen LogP contribution in [0.2, 0.25) is 0 Å². The summed E-state index contributed by atoms with van der Waals surface area (Å²) in [6.07, 6.45) is 4.54. The second-order valence-electron chi connectivity index (χ2n) is 8.06. The number of hydrogen-bond acceptors (Lipinski definition) is 3. The summed E-state index contributed by atoms with van der Waals surface area (Å²) < 4.78 is 13.7. The molecule has 5 aromatic rings. The van der Waals surface area contributed by atoms with Gasteiger partial charge in [-0.15, -0.1) is 0 Å². The fourth-order valence-corrected chi connectivity index (χ4v) is 4.55. The summed E-state index contributed by atoms with van der Waals surface area (Å²) in [5.41, 5.74) is 8.49. The highest BCUT2D eigenvalue weighted by molar-refractivity contribution is 6.13. The summed E-state index contributed by atoms with van der Waals surface area (Å²) in [5, 5.41) is 8.41. The van der Waals surface area contributed by atoms with Gasteiger partial charge in [0.05, 0.1) is 17.1 Å². The Morgan fingerprint density at radius 3 is 2.34 bits per heavy atom. The Morgan fingerprint density at radius 1 is 0.781 bits per heavy atom. The van der Waals surface area contributed by atoms with E-state index >= 15 is 0 Å². The molecule has 3 N–H and O–H groups in total. The van der Waals surface area contributed by atoms with E-state index in [-0.39, 0.29) is 12.0 Å². The molecular weight excluding hydrogens is 399 g/mol. The quantitative estimate of drug-likeness (QED) is 0.313. The van der Waals surface area contributed by atoms with E-state index in [4.69, 9.17) is 0 Å². The van der Waals surface area contributed by atoms with Crippen LogP contribution in [0.4, 0.5) is 15.8 Å². The summed E-state index contributed by atoms with van der Waals surface area (Å²) in [7, 11) is 0. The van der Waals surface area contributed by atoms with Crippen molar-refractivity contribution in [3.8, 4) is 22.4 Å². The first-order valence-electron chi connectivity index (χ1n) is 10.7. The second-order valence-corrected chi connectivity index (χ2v) is 8.06. The van der Waals surface area contributed by atoms with Gasteiger partial charge >= 0.3 is 0 Å². The van der Waals surface area contributed by atoms with Crippen LogP contribution < -0.4 is 10.6 Å². The van der Waals surface area contributed by atoms with Crippen molar-refractivity contribution in [2.45, 2.75) is 12.6 Å². The van der Waals surface area contributed by atoms with Crippen molar-refractivity contribution < 1.29 is 4.39 Å². The lowest BCUT2D eigenvalue weighted by Gasteiger charge is -2.12. The van der Waals surface area contributed by atoms with E-state index in [1.807, 2.05) is 30.3 Å². The number of aromatic nitrogens is 2. The smallest absolute Gasteiger partial charge is 0.123 e. The van der Waals surface area contributed by atoms with Gasteiger partial charge in [-0.1, -0.05) is 42.5 Å². The topological polar surface area (TPSA) is 52.7 Å². The maximum atomic E-state index is 13.7. The SMILES string of the molecule is Fc1ccc(-c2c(-c3ccncc3)[nH]c3ccc4c(c23)NC(Cc2ccccc2)N4)cc1. The van der Waals surface area contributed by atoms with Crippen molar-refractivity contribution in [1.82, 2.24) is 9.97 Å². The zero-order valence-corrected chi connectivity index (χ0v) is 17.3. The molecule has 1 aliphatic heterocycles. The number of nitrogens with zero attached hydrogens (tertiary/aromatic N) is 1. The molecule has 0 amide bonds. The highest BCUT2D eigenvalue weighted by atomic mass is 19.1. The molecule has 32 heavy (non-hydrogen) atoms. The Labute approximate surface area is 185 Å². The van der Waals surface area contributed by atoms with Crippen LogP contribution in [0, 0.1) is 5.82 Å². The fraction of sp³-hybridized carbons (Fsp3) is 0.0741. The van der Waals surface area contributed by atoms with Crippen LogP contribution >= 0.6 is 0 Å². The third-order valence-electron chi connectivity index (χ3n) is 6.00. The Hall–Kier alpha value is -4.12. The Kier molecular flexibility index (Phi) is 4.39. The van der Waals surface area contributed by atoms with Crippen molar-refractivity contribution in [2.75, 3.05) is 10.6 Å². The minimum absolute atomic E-state index is 0.0957. The highest BCUT2D eigenvalue weighted by Crippen LogP contribution is 2.46. The molecule has 1 unspecified atom stereocenters. The monoisotopic (exact) mass is 420 g/mol. The molecule has 2 aromatic heterocycles. The zero-order chi connectivity index (χ0) is 21.5. The Bertz CT molecular complexity index is 1390. The first-order valence-corrected chi connectivity index (χ1v) is 10.7. The van der Waals surface area contributed by atoms with Gasteiger partial charge in [0.25, 0.3) is 0 Å². The number of fused-ring (bicyclic) bond motifs is 3. The molecular formula is C27H21FN4. The van der Waals surface area contributed by atoms with Crippen LogP contribution in [0.5, 0.6) is 0 Å². The normalized spacial score (nSPS) is 14.7. The molecule has 0 bridgehead atoms. The average molecular weight is 420 g/mol. The van der Waals surface area contributed by atoms with Crippen molar-refractivity contribution in [3.05, 3.63) is 103 Å². The van der Waals surface area contributed by atoms with Crippen LogP contribution in [0.3, 0.4) is 0 Å². The van der Waals surface area contributed by atoms with Gasteiger partial charge in [-0.05, 0) is 47.5 Å². The maximum absolute atomic E-state index is 13.7. The third kappa shape index (κ3) is 3.19. The molecule has 3 heterocycles. The fourth-order valence-electron chi connectivity index (χ4n) is 4.55. The molecule has 1 aliphatic rings. The number of pyridine rings is 1. The largest absolute Gasteiger partial charge is 0.363 e. The van der Waals surface area contributed by atoms with E-state index in [0.29, 0.717) is 0 Å². The lowest BCUT2D eigenvalue weighted by molar-refractivity contribution is 0.628. The average Bonchev–Trinajstić information content (AvgIpc) is 3.42. The predicted octanol–water partition coefficient (Wildman–Crippen LogP) is 6.44. The molecule has 5 heteroatoms. The third-order valence-corrected chi connectivity index (χ3v) is 6.00. The lowest BCUT2D eigenvalue weighted by atomic mass is 9.97. The number of benzene rings is 3. The van der Waals surface area contributed by atoms with Gasteiger partial charge in [0.1, 0.15) is 12.0 Å². The molecule has 0 saturated carbocycles. The van der Waals surface area contributed by atoms with Crippen molar-refractivity contribution in [1.29, 1.82) is 0 Å². The molecule has 0 fully saturated rings. The van der Waals surface area contributed by atoms with Gasteiger partial charge < -0.3 is 15.6 Å². The number of hydrogen-bond donors (Lipinski definition) is 3. The van der Waals surface area contributed by atoms with E-state index in [1.165, 1.54) is 17.7 Å². The summed E-state index contributed by atoms with van der Waals surface area (Å²) in [5.74, 6) is -0.244. The molecule has 1 atom stereocenters. The van der Waals surface area contributed by atoms with Gasteiger partial charge in [-0.2, -0.15) is 0 Å². The molecule has 6 rings (SSSR count). The minimum Gasteiger partial charge on any atom is -0.363 e. The maximum Gasteiger partial charge on any atom is 0.123 e. The van der Waals surface area contributed by atoms with Crippen LogP contribution in [-0.4, -0.2) is 16.1 Å². The summed E-state index contributed by atoms with van der Waals surface area (Å²) in [6.45, 7) is 0. The van der Waals surface area contributed by atoms with Crippen molar-refractivity contribution in [3.63, 3.8) is 0 Å². The van der Waals surface area contributed by atoms with Crippen molar-refractivity contribution in [2.24, 2.45) is 0 Å². The Morgan fingerprint density at radius 2 is 1.56 bits per heavy atom. The summed E-state index contributed by atoms with van der Waals surface area (Å²) in [4.78, 5) is 7.76. The zero-order valence-electron chi connectivity index (χ0n) is 17.3. The molecule has 156 valence electrons. The Balaban J connectivity index is 1.51. The van der Waals surface area contributed by atoms with Gasteiger partial charge in [-0.3, -0.25) is 4.98 Å². The van der Waals surface area contributed by atoms with Gasteiger partial charge in [-0.25, -0.2) is 4.39 Å². The minimum atomic E-state index is -0.244. The molecule has 4 nitrogen and oxygen atoms in total.